The third kappa shape index (κ3) is 2.83. The van der Waals surface area contributed by atoms with Crippen molar-refractivity contribution in [3.63, 3.8) is 0 Å². The van der Waals surface area contributed by atoms with Crippen LogP contribution in [0.3, 0.4) is 0 Å². The molecular formula is C13H22O. The van der Waals surface area contributed by atoms with Gasteiger partial charge in [0.2, 0.25) is 0 Å². The zero-order chi connectivity index (χ0) is 9.97. The molecule has 1 heteroatoms. The molecule has 0 aromatic carbocycles. The molecule has 1 nitrogen and oxygen atoms in total. The predicted octanol–water partition coefficient (Wildman–Crippen LogP) is 3.57. The molecule has 80 valence electrons. The Hall–Kier alpha value is -0.330. The first-order valence-corrected chi connectivity index (χ1v) is 6.28. The van der Waals surface area contributed by atoms with E-state index in [2.05, 4.69) is 6.92 Å². The van der Waals surface area contributed by atoms with Crippen molar-refractivity contribution in [3.05, 3.63) is 0 Å². The van der Waals surface area contributed by atoms with Crippen LogP contribution in [0.5, 0.6) is 0 Å². The third-order valence-electron chi connectivity index (χ3n) is 3.97. The lowest BCUT2D eigenvalue weighted by atomic mass is 9.80. The van der Waals surface area contributed by atoms with Crippen LogP contribution in [-0.2, 0) is 4.79 Å². The van der Waals surface area contributed by atoms with Crippen LogP contribution in [0.2, 0.25) is 0 Å². The van der Waals surface area contributed by atoms with Crippen molar-refractivity contribution < 1.29 is 4.79 Å². The molecule has 0 aliphatic heterocycles. The van der Waals surface area contributed by atoms with Gasteiger partial charge in [0.15, 0.2) is 0 Å². The van der Waals surface area contributed by atoms with Crippen molar-refractivity contribution >= 4 is 5.78 Å². The highest BCUT2D eigenvalue weighted by molar-refractivity contribution is 5.83. The quantitative estimate of drug-likeness (QED) is 0.668. The van der Waals surface area contributed by atoms with Gasteiger partial charge in [-0.15, -0.1) is 0 Å². The van der Waals surface area contributed by atoms with Gasteiger partial charge < -0.3 is 0 Å². The molecule has 0 bridgehead atoms. The average Bonchev–Trinajstić information content (AvgIpc) is 3.00. The lowest BCUT2D eigenvalue weighted by Crippen LogP contribution is -2.14. The van der Waals surface area contributed by atoms with Gasteiger partial charge >= 0.3 is 0 Å². The number of hydrogen-bond acceptors (Lipinski definition) is 1. The van der Waals surface area contributed by atoms with E-state index < -0.39 is 0 Å². The van der Waals surface area contributed by atoms with Crippen molar-refractivity contribution in [1.82, 2.24) is 0 Å². The SMILES string of the molecule is CC1CCC(CCC(=O)C2CC2)CC1. The fourth-order valence-corrected chi connectivity index (χ4v) is 2.57. The van der Waals surface area contributed by atoms with Crippen molar-refractivity contribution in [3.8, 4) is 0 Å². The van der Waals surface area contributed by atoms with Gasteiger partial charge in [0.05, 0.1) is 0 Å². The fourth-order valence-electron chi connectivity index (χ4n) is 2.57. The Morgan fingerprint density at radius 3 is 2.29 bits per heavy atom. The second kappa shape index (κ2) is 4.46. The molecule has 0 N–H and O–H groups in total. The Morgan fingerprint density at radius 1 is 1.07 bits per heavy atom. The summed E-state index contributed by atoms with van der Waals surface area (Å²) in [5.41, 5.74) is 0. The molecule has 0 heterocycles. The molecule has 14 heavy (non-hydrogen) atoms. The van der Waals surface area contributed by atoms with Crippen molar-refractivity contribution in [2.24, 2.45) is 17.8 Å². The average molecular weight is 194 g/mol. The van der Waals surface area contributed by atoms with E-state index >= 15 is 0 Å². The highest BCUT2D eigenvalue weighted by Gasteiger charge is 2.29. The highest BCUT2D eigenvalue weighted by Crippen LogP contribution is 2.34. The normalized spacial score (nSPS) is 32.9. The molecule has 0 aromatic heterocycles. The maximum atomic E-state index is 11.5. The summed E-state index contributed by atoms with van der Waals surface area (Å²) in [6.45, 7) is 2.35. The van der Waals surface area contributed by atoms with Crippen LogP contribution in [0.1, 0.15) is 58.3 Å². The maximum absolute atomic E-state index is 11.5. The molecule has 0 spiro atoms. The van der Waals surface area contributed by atoms with Gasteiger partial charge in [-0.2, -0.15) is 0 Å². The van der Waals surface area contributed by atoms with Gasteiger partial charge in [-0.25, -0.2) is 0 Å². The second-order valence-electron chi connectivity index (χ2n) is 5.41. The Bertz CT molecular complexity index is 197. The highest BCUT2D eigenvalue weighted by atomic mass is 16.1. The first-order valence-electron chi connectivity index (χ1n) is 6.28. The molecule has 2 saturated carbocycles. The number of Topliss-reactive ketones (excluding diaryl/α,β-unsaturated/α-hetero) is 1. The van der Waals surface area contributed by atoms with E-state index in [1.54, 1.807) is 0 Å². The summed E-state index contributed by atoms with van der Waals surface area (Å²) in [7, 11) is 0. The smallest absolute Gasteiger partial charge is 0.135 e. The number of rotatable bonds is 4. The number of ketones is 1. The summed E-state index contributed by atoms with van der Waals surface area (Å²) in [4.78, 5) is 11.5. The summed E-state index contributed by atoms with van der Waals surface area (Å²) in [5.74, 6) is 2.85. The van der Waals surface area contributed by atoms with Gasteiger partial charge in [0.1, 0.15) is 5.78 Å². The van der Waals surface area contributed by atoms with Crippen molar-refractivity contribution in [1.29, 1.82) is 0 Å². The number of hydrogen-bond donors (Lipinski definition) is 0. The molecule has 0 atom stereocenters. The molecule has 0 radical (unpaired) electrons. The summed E-state index contributed by atoms with van der Waals surface area (Å²) in [5, 5.41) is 0. The van der Waals surface area contributed by atoms with Gasteiger partial charge in [-0.3, -0.25) is 4.79 Å². The van der Waals surface area contributed by atoms with E-state index in [1.165, 1.54) is 44.9 Å². The molecule has 2 aliphatic carbocycles. The van der Waals surface area contributed by atoms with E-state index in [1.807, 2.05) is 0 Å². The van der Waals surface area contributed by atoms with Gasteiger partial charge in [-0.1, -0.05) is 32.6 Å². The number of carbonyl (C=O) groups is 1. The Balaban J connectivity index is 1.62. The first-order chi connectivity index (χ1) is 6.75. The molecule has 2 fully saturated rings. The lowest BCUT2D eigenvalue weighted by molar-refractivity contribution is -0.120. The summed E-state index contributed by atoms with van der Waals surface area (Å²) >= 11 is 0. The van der Waals surface area contributed by atoms with Crippen LogP contribution in [0, 0.1) is 17.8 Å². The molecular weight excluding hydrogens is 172 g/mol. The van der Waals surface area contributed by atoms with Crippen LogP contribution < -0.4 is 0 Å². The fraction of sp³-hybridized carbons (Fsp3) is 0.923. The summed E-state index contributed by atoms with van der Waals surface area (Å²) < 4.78 is 0. The molecule has 0 aromatic rings. The summed E-state index contributed by atoms with van der Waals surface area (Å²) in [6, 6.07) is 0. The second-order valence-corrected chi connectivity index (χ2v) is 5.41. The van der Waals surface area contributed by atoms with E-state index in [0.29, 0.717) is 11.7 Å². The van der Waals surface area contributed by atoms with Crippen LogP contribution in [-0.4, -0.2) is 5.78 Å². The van der Waals surface area contributed by atoms with Gasteiger partial charge in [0, 0.05) is 12.3 Å². The Labute approximate surface area is 87.3 Å². The topological polar surface area (TPSA) is 17.1 Å². The lowest BCUT2D eigenvalue weighted by Gasteiger charge is -2.25. The van der Waals surface area contributed by atoms with Gasteiger partial charge in [0.25, 0.3) is 0 Å². The van der Waals surface area contributed by atoms with E-state index in [-0.39, 0.29) is 0 Å². The van der Waals surface area contributed by atoms with E-state index in [4.69, 9.17) is 0 Å². The molecule has 2 aliphatic rings. The number of carbonyl (C=O) groups excluding carboxylic acids is 1. The minimum absolute atomic E-state index is 0.484. The van der Waals surface area contributed by atoms with Crippen LogP contribution >= 0.6 is 0 Å². The molecule has 0 amide bonds. The zero-order valence-corrected chi connectivity index (χ0v) is 9.30. The maximum Gasteiger partial charge on any atom is 0.135 e. The largest absolute Gasteiger partial charge is 0.299 e. The minimum atomic E-state index is 0.484. The van der Waals surface area contributed by atoms with Gasteiger partial charge in [-0.05, 0) is 31.1 Å². The first kappa shape index (κ1) is 10.2. The Morgan fingerprint density at radius 2 is 1.71 bits per heavy atom. The minimum Gasteiger partial charge on any atom is -0.299 e. The standard InChI is InChI=1S/C13H22O/c1-10-2-4-11(5-3-10)6-9-13(14)12-7-8-12/h10-12H,2-9H2,1H3. The molecule has 0 saturated heterocycles. The van der Waals surface area contributed by atoms with Crippen LogP contribution in [0.4, 0.5) is 0 Å². The molecule has 2 rings (SSSR count). The van der Waals surface area contributed by atoms with Crippen LogP contribution in [0.25, 0.3) is 0 Å². The Kier molecular flexibility index (Phi) is 3.25. The summed E-state index contributed by atoms with van der Waals surface area (Å²) in [6.07, 6.45) is 9.95. The zero-order valence-electron chi connectivity index (χ0n) is 9.30. The molecule has 0 unspecified atom stereocenters. The van der Waals surface area contributed by atoms with Crippen LogP contribution in [0.15, 0.2) is 0 Å². The monoisotopic (exact) mass is 194 g/mol. The van der Waals surface area contributed by atoms with E-state index in [9.17, 15) is 4.79 Å². The van der Waals surface area contributed by atoms with Crippen molar-refractivity contribution in [2.45, 2.75) is 58.3 Å². The van der Waals surface area contributed by atoms with Crippen molar-refractivity contribution in [2.75, 3.05) is 0 Å². The predicted molar refractivity (Wildman–Crippen MR) is 58.1 cm³/mol. The van der Waals surface area contributed by atoms with E-state index in [0.717, 1.165) is 18.3 Å². The third-order valence-corrected chi connectivity index (χ3v) is 3.97.